The Labute approximate surface area is 144 Å². The number of morpholine rings is 1. The molecule has 9 nitrogen and oxygen atoms in total. The fourth-order valence-electron chi connectivity index (χ4n) is 2.97. The highest BCUT2D eigenvalue weighted by molar-refractivity contribution is 5.42. The largest absolute Gasteiger partial charge is 0.459 e. The van der Waals surface area contributed by atoms with Gasteiger partial charge in [-0.1, -0.05) is 0 Å². The van der Waals surface area contributed by atoms with Crippen molar-refractivity contribution in [1.82, 2.24) is 29.9 Å². The van der Waals surface area contributed by atoms with Gasteiger partial charge in [0, 0.05) is 13.1 Å². The van der Waals surface area contributed by atoms with E-state index in [-0.39, 0.29) is 6.10 Å². The van der Waals surface area contributed by atoms with E-state index < -0.39 is 0 Å². The molecule has 4 heterocycles. The van der Waals surface area contributed by atoms with Crippen molar-refractivity contribution in [3.05, 3.63) is 35.9 Å². The van der Waals surface area contributed by atoms with Gasteiger partial charge in [0.05, 0.1) is 32.1 Å². The summed E-state index contributed by atoms with van der Waals surface area (Å²) >= 11 is 0. The van der Waals surface area contributed by atoms with Crippen LogP contribution in [0.5, 0.6) is 0 Å². The zero-order chi connectivity index (χ0) is 17.2. The molecule has 1 saturated heterocycles. The van der Waals surface area contributed by atoms with Gasteiger partial charge in [0.2, 0.25) is 5.89 Å². The maximum absolute atomic E-state index is 5.87. The lowest BCUT2D eigenvalue weighted by molar-refractivity contribution is -0.0425. The Balaban J connectivity index is 1.37. The van der Waals surface area contributed by atoms with Crippen LogP contribution in [0.4, 0.5) is 0 Å². The summed E-state index contributed by atoms with van der Waals surface area (Å²) in [5.74, 6) is 3.23. The topological polar surface area (TPSA) is 95.2 Å². The first kappa shape index (κ1) is 16.0. The monoisotopic (exact) mass is 344 g/mol. The van der Waals surface area contributed by atoms with E-state index in [9.17, 15) is 0 Å². The lowest BCUT2D eigenvalue weighted by Gasteiger charge is -2.31. The molecule has 0 spiro atoms. The molecule has 9 heteroatoms. The molecule has 3 aromatic heterocycles. The Morgan fingerprint density at radius 3 is 2.96 bits per heavy atom. The Morgan fingerprint density at radius 2 is 2.20 bits per heavy atom. The molecule has 1 aliphatic rings. The zero-order valence-corrected chi connectivity index (χ0v) is 14.3. The Bertz CT molecular complexity index is 825. The molecule has 1 atom stereocenters. The van der Waals surface area contributed by atoms with Crippen molar-refractivity contribution in [1.29, 1.82) is 0 Å². The lowest BCUT2D eigenvalue weighted by Crippen LogP contribution is -2.44. The van der Waals surface area contributed by atoms with Crippen LogP contribution in [-0.4, -0.2) is 55.7 Å². The molecule has 3 aromatic rings. The van der Waals surface area contributed by atoms with E-state index in [4.69, 9.17) is 13.6 Å². The van der Waals surface area contributed by atoms with Gasteiger partial charge < -0.3 is 13.6 Å². The summed E-state index contributed by atoms with van der Waals surface area (Å²) < 4.78 is 18.7. The third-order valence-electron chi connectivity index (χ3n) is 4.12. The summed E-state index contributed by atoms with van der Waals surface area (Å²) in [4.78, 5) is 6.57. The minimum Gasteiger partial charge on any atom is -0.459 e. The molecule has 0 amide bonds. The quantitative estimate of drug-likeness (QED) is 0.686. The van der Waals surface area contributed by atoms with Gasteiger partial charge in [-0.2, -0.15) is 5.10 Å². The normalized spacial score (nSPS) is 18.7. The van der Waals surface area contributed by atoms with Crippen molar-refractivity contribution in [2.24, 2.45) is 0 Å². The van der Waals surface area contributed by atoms with Gasteiger partial charge >= 0.3 is 0 Å². The molecule has 1 unspecified atom stereocenters. The molecule has 0 aromatic carbocycles. The Morgan fingerprint density at radius 1 is 1.28 bits per heavy atom. The van der Waals surface area contributed by atoms with Gasteiger partial charge in [-0.25, -0.2) is 9.67 Å². The second-order valence-electron chi connectivity index (χ2n) is 6.09. The van der Waals surface area contributed by atoms with Gasteiger partial charge in [-0.05, 0) is 26.0 Å². The molecule has 132 valence electrons. The molecule has 0 aliphatic carbocycles. The summed E-state index contributed by atoms with van der Waals surface area (Å²) in [5.41, 5.74) is 0. The smallest absolute Gasteiger partial charge is 0.283 e. The van der Waals surface area contributed by atoms with Gasteiger partial charge in [0.1, 0.15) is 11.6 Å². The van der Waals surface area contributed by atoms with Crippen LogP contribution < -0.4 is 0 Å². The van der Waals surface area contributed by atoms with Gasteiger partial charge in [0.25, 0.3) is 5.89 Å². The zero-order valence-electron chi connectivity index (χ0n) is 14.3. The molecular weight excluding hydrogens is 324 g/mol. The second kappa shape index (κ2) is 6.77. The number of ether oxygens (including phenoxy) is 1. The first-order chi connectivity index (χ1) is 12.2. The van der Waals surface area contributed by atoms with Crippen LogP contribution in [-0.2, 0) is 17.8 Å². The van der Waals surface area contributed by atoms with Crippen LogP contribution in [0.3, 0.4) is 0 Å². The standard InChI is InChI=1S/C16H20N6O3/c1-11-17-12(2)22(20-11)9-13-8-21(5-7-23-13)10-15-18-19-16(25-15)14-4-3-6-24-14/h3-4,6,13H,5,7-10H2,1-2H3. The van der Waals surface area contributed by atoms with E-state index >= 15 is 0 Å². The molecule has 0 saturated carbocycles. The highest BCUT2D eigenvalue weighted by Crippen LogP contribution is 2.19. The molecule has 25 heavy (non-hydrogen) atoms. The van der Waals surface area contributed by atoms with E-state index in [1.165, 1.54) is 0 Å². The van der Waals surface area contributed by atoms with E-state index in [1.54, 1.807) is 18.4 Å². The molecule has 0 N–H and O–H groups in total. The number of aromatic nitrogens is 5. The third kappa shape index (κ3) is 3.62. The average molecular weight is 344 g/mol. The molecule has 0 bridgehead atoms. The molecular formula is C16H20N6O3. The van der Waals surface area contributed by atoms with Crippen molar-refractivity contribution in [3.63, 3.8) is 0 Å². The number of hydrogen-bond acceptors (Lipinski definition) is 8. The minimum absolute atomic E-state index is 0.0565. The number of rotatable bonds is 5. The Kier molecular flexibility index (Phi) is 4.33. The predicted octanol–water partition coefficient (Wildman–Crippen LogP) is 1.44. The summed E-state index contributed by atoms with van der Waals surface area (Å²) in [6.07, 6.45) is 1.64. The fourth-order valence-corrected chi connectivity index (χ4v) is 2.97. The van der Waals surface area contributed by atoms with Gasteiger partial charge in [0.15, 0.2) is 5.76 Å². The Hall–Kier alpha value is -2.52. The lowest BCUT2D eigenvalue weighted by atomic mass is 10.2. The van der Waals surface area contributed by atoms with Gasteiger partial charge in [-0.15, -0.1) is 10.2 Å². The highest BCUT2D eigenvalue weighted by Gasteiger charge is 2.24. The van der Waals surface area contributed by atoms with Crippen LogP contribution in [0.25, 0.3) is 11.7 Å². The third-order valence-corrected chi connectivity index (χ3v) is 4.12. The minimum atomic E-state index is 0.0565. The second-order valence-corrected chi connectivity index (χ2v) is 6.09. The number of furan rings is 1. The van der Waals surface area contributed by atoms with Crippen molar-refractivity contribution in [3.8, 4) is 11.7 Å². The van der Waals surface area contributed by atoms with E-state index in [0.29, 0.717) is 37.2 Å². The fraction of sp³-hybridized carbons (Fsp3) is 0.500. The van der Waals surface area contributed by atoms with Crippen LogP contribution in [0.1, 0.15) is 17.5 Å². The number of aryl methyl sites for hydroxylation is 2. The highest BCUT2D eigenvalue weighted by atomic mass is 16.5. The number of nitrogens with zero attached hydrogens (tertiary/aromatic N) is 6. The molecule has 0 radical (unpaired) electrons. The first-order valence-electron chi connectivity index (χ1n) is 8.25. The SMILES string of the molecule is Cc1nc(C)n(CC2CN(Cc3nnc(-c4ccco4)o3)CCO2)n1. The van der Waals surface area contributed by atoms with E-state index in [2.05, 4.69) is 25.2 Å². The summed E-state index contributed by atoms with van der Waals surface area (Å²) in [5, 5.41) is 12.5. The predicted molar refractivity (Wildman–Crippen MR) is 86.5 cm³/mol. The van der Waals surface area contributed by atoms with Crippen molar-refractivity contribution in [2.45, 2.75) is 33.0 Å². The van der Waals surface area contributed by atoms with Crippen LogP contribution in [0, 0.1) is 13.8 Å². The molecule has 4 rings (SSSR count). The maximum Gasteiger partial charge on any atom is 0.283 e. The molecule has 1 aliphatic heterocycles. The van der Waals surface area contributed by atoms with Crippen LogP contribution >= 0.6 is 0 Å². The average Bonchev–Trinajstić information content (AvgIpc) is 3.30. The van der Waals surface area contributed by atoms with E-state index in [1.807, 2.05) is 18.5 Å². The summed E-state index contributed by atoms with van der Waals surface area (Å²) in [7, 11) is 0. The summed E-state index contributed by atoms with van der Waals surface area (Å²) in [6, 6.07) is 3.59. The van der Waals surface area contributed by atoms with Crippen molar-refractivity contribution in [2.75, 3.05) is 19.7 Å². The van der Waals surface area contributed by atoms with Gasteiger partial charge in [-0.3, -0.25) is 4.90 Å². The number of hydrogen-bond donors (Lipinski definition) is 0. The van der Waals surface area contributed by atoms with E-state index in [0.717, 1.165) is 24.7 Å². The summed E-state index contributed by atoms with van der Waals surface area (Å²) in [6.45, 7) is 7.38. The van der Waals surface area contributed by atoms with Crippen molar-refractivity contribution >= 4 is 0 Å². The molecule has 1 fully saturated rings. The maximum atomic E-state index is 5.87. The first-order valence-corrected chi connectivity index (χ1v) is 8.25. The van der Waals surface area contributed by atoms with Crippen molar-refractivity contribution < 1.29 is 13.6 Å². The van der Waals surface area contributed by atoms with Crippen LogP contribution in [0.2, 0.25) is 0 Å². The van der Waals surface area contributed by atoms with Crippen LogP contribution in [0.15, 0.2) is 27.2 Å².